The average molecular weight is 240 g/mol. The van der Waals surface area contributed by atoms with Crippen LogP contribution in [-0.4, -0.2) is 28.3 Å². The number of carbonyl (C=O) groups is 1. The lowest BCUT2D eigenvalue weighted by molar-refractivity contribution is -0.136. The molecule has 0 spiro atoms. The summed E-state index contributed by atoms with van der Waals surface area (Å²) >= 11 is 0. The van der Waals surface area contributed by atoms with E-state index in [2.05, 4.69) is 10.1 Å². The van der Waals surface area contributed by atoms with E-state index in [0.29, 0.717) is 5.82 Å². The maximum Gasteiger partial charge on any atom is 0.312 e. The number of aromatic nitrogens is 2. The third-order valence-electron chi connectivity index (χ3n) is 3.23. The first-order valence-electron chi connectivity index (χ1n) is 5.76. The van der Waals surface area contributed by atoms with E-state index in [1.54, 1.807) is 7.11 Å². The number of ether oxygens (including phenoxy) is 1. The van der Waals surface area contributed by atoms with Crippen LogP contribution in [0, 0.1) is 0 Å². The predicted molar refractivity (Wildman–Crippen MR) is 57.4 cm³/mol. The van der Waals surface area contributed by atoms with E-state index >= 15 is 0 Å². The summed E-state index contributed by atoms with van der Waals surface area (Å²) in [4.78, 5) is 14.7. The van der Waals surface area contributed by atoms with Gasteiger partial charge in [0.05, 0.1) is 0 Å². The number of hydrogen-bond acceptors (Lipinski definition) is 5. The minimum atomic E-state index is -0.977. The lowest BCUT2D eigenvalue weighted by Crippen LogP contribution is -2.32. The van der Waals surface area contributed by atoms with Gasteiger partial charge in [0.1, 0.15) is 12.0 Å². The minimum absolute atomic E-state index is 0.134. The molecule has 6 heteroatoms. The summed E-state index contributed by atoms with van der Waals surface area (Å²) in [6.07, 6.45) is 4.79. The van der Waals surface area contributed by atoms with E-state index in [4.69, 9.17) is 14.4 Å². The molecular formula is C11H16N2O4. The van der Waals surface area contributed by atoms with Gasteiger partial charge >= 0.3 is 5.97 Å². The van der Waals surface area contributed by atoms with Crippen molar-refractivity contribution in [3.8, 4) is 0 Å². The Morgan fingerprint density at radius 3 is 2.76 bits per heavy atom. The second-order valence-corrected chi connectivity index (χ2v) is 4.34. The molecule has 94 valence electrons. The normalized spacial score (nSPS) is 19.1. The number of carboxylic acid groups (broad SMARTS) is 1. The lowest BCUT2D eigenvalue weighted by atomic mass is 9.84. The molecule has 1 N–H and O–H groups in total. The summed E-state index contributed by atoms with van der Waals surface area (Å²) in [5.74, 6) is -0.360. The Morgan fingerprint density at radius 2 is 2.18 bits per heavy atom. The van der Waals surface area contributed by atoms with Crippen LogP contribution < -0.4 is 0 Å². The molecule has 0 aliphatic heterocycles. The predicted octanol–water partition coefficient (Wildman–Crippen LogP) is 1.50. The average Bonchev–Trinajstić information content (AvgIpc) is 2.78. The van der Waals surface area contributed by atoms with Crippen molar-refractivity contribution >= 4 is 5.97 Å². The van der Waals surface area contributed by atoms with Crippen LogP contribution in [0.4, 0.5) is 0 Å². The molecule has 1 aromatic rings. The fraction of sp³-hybridized carbons (Fsp3) is 0.727. The number of rotatable bonds is 4. The second-order valence-electron chi connectivity index (χ2n) is 4.34. The maximum atomic E-state index is 10.5. The molecule has 0 unspecified atom stereocenters. The monoisotopic (exact) mass is 240 g/mol. The molecule has 1 aromatic heterocycles. The van der Waals surface area contributed by atoms with Crippen molar-refractivity contribution in [1.29, 1.82) is 0 Å². The molecule has 1 saturated carbocycles. The Labute approximate surface area is 99.0 Å². The van der Waals surface area contributed by atoms with Crippen LogP contribution in [-0.2, 0) is 21.6 Å². The van der Waals surface area contributed by atoms with Crippen LogP contribution in [0.15, 0.2) is 4.52 Å². The molecule has 1 aliphatic carbocycles. The van der Waals surface area contributed by atoms with Gasteiger partial charge in [-0.15, -0.1) is 0 Å². The number of nitrogens with zero attached hydrogens (tertiary/aromatic N) is 2. The van der Waals surface area contributed by atoms with E-state index in [1.807, 2.05) is 0 Å². The molecule has 0 aromatic carbocycles. The van der Waals surface area contributed by atoms with Crippen LogP contribution in [0.3, 0.4) is 0 Å². The molecule has 6 nitrogen and oxygen atoms in total. The highest BCUT2D eigenvalue weighted by Crippen LogP contribution is 2.38. The molecule has 17 heavy (non-hydrogen) atoms. The number of methoxy groups -OCH3 is 1. The number of aliphatic carboxylic acids is 1. The summed E-state index contributed by atoms with van der Waals surface area (Å²) < 4.78 is 10.5. The largest absolute Gasteiger partial charge is 0.481 e. The van der Waals surface area contributed by atoms with Gasteiger partial charge in [-0.05, 0) is 12.8 Å². The minimum Gasteiger partial charge on any atom is -0.481 e. The zero-order chi connectivity index (χ0) is 12.3. The first-order valence-corrected chi connectivity index (χ1v) is 5.76. The van der Waals surface area contributed by atoms with Crippen LogP contribution in [0.5, 0.6) is 0 Å². The molecule has 0 amide bonds. The highest BCUT2D eigenvalue weighted by Gasteiger charge is 2.38. The molecule has 1 heterocycles. The Morgan fingerprint density at radius 1 is 1.47 bits per heavy atom. The van der Waals surface area contributed by atoms with Gasteiger partial charge in [0.25, 0.3) is 0 Å². The van der Waals surface area contributed by atoms with Crippen molar-refractivity contribution in [1.82, 2.24) is 10.1 Å². The van der Waals surface area contributed by atoms with Gasteiger partial charge < -0.3 is 14.4 Å². The fourth-order valence-electron chi connectivity index (χ4n) is 2.28. The molecule has 0 atom stereocenters. The SMILES string of the molecule is COC1(c2noc(CC(=O)O)n2)CCCCC1. The van der Waals surface area contributed by atoms with Gasteiger partial charge in [-0.25, -0.2) is 0 Å². The van der Waals surface area contributed by atoms with Crippen LogP contribution >= 0.6 is 0 Å². The summed E-state index contributed by atoms with van der Waals surface area (Å²) in [5, 5.41) is 12.5. The first-order chi connectivity index (χ1) is 8.16. The smallest absolute Gasteiger partial charge is 0.312 e. The first kappa shape index (κ1) is 12.0. The van der Waals surface area contributed by atoms with Gasteiger partial charge in [-0.1, -0.05) is 24.4 Å². The van der Waals surface area contributed by atoms with Crippen molar-refractivity contribution in [3.05, 3.63) is 11.7 Å². The third kappa shape index (κ3) is 2.46. The van der Waals surface area contributed by atoms with Crippen molar-refractivity contribution < 1.29 is 19.2 Å². The molecular weight excluding hydrogens is 224 g/mol. The van der Waals surface area contributed by atoms with Gasteiger partial charge in [0.2, 0.25) is 11.7 Å². The lowest BCUT2D eigenvalue weighted by Gasteiger charge is -2.32. The highest BCUT2D eigenvalue weighted by atomic mass is 16.5. The standard InChI is InChI=1S/C11H16N2O4/c1-16-11(5-3-2-4-6-11)10-12-8(17-13-10)7-9(14)15/h2-7H2,1H3,(H,14,15). The second kappa shape index (κ2) is 4.83. The summed E-state index contributed by atoms with van der Waals surface area (Å²) in [6, 6.07) is 0. The Balaban J connectivity index is 2.19. The molecule has 0 saturated heterocycles. The van der Waals surface area contributed by atoms with Crippen molar-refractivity contribution in [2.45, 2.75) is 44.1 Å². The number of hydrogen-bond donors (Lipinski definition) is 1. The highest BCUT2D eigenvalue weighted by molar-refractivity contribution is 5.68. The molecule has 1 aliphatic rings. The van der Waals surface area contributed by atoms with E-state index < -0.39 is 11.6 Å². The third-order valence-corrected chi connectivity index (χ3v) is 3.23. The van der Waals surface area contributed by atoms with Crippen molar-refractivity contribution in [2.24, 2.45) is 0 Å². The van der Waals surface area contributed by atoms with Crippen LogP contribution in [0.2, 0.25) is 0 Å². The van der Waals surface area contributed by atoms with Crippen molar-refractivity contribution in [3.63, 3.8) is 0 Å². The molecule has 2 rings (SSSR count). The topological polar surface area (TPSA) is 85.5 Å². The van der Waals surface area contributed by atoms with E-state index in [9.17, 15) is 4.79 Å². The maximum absolute atomic E-state index is 10.5. The Hall–Kier alpha value is -1.43. The molecule has 0 radical (unpaired) electrons. The van der Waals surface area contributed by atoms with E-state index in [-0.39, 0.29) is 12.3 Å². The van der Waals surface area contributed by atoms with Gasteiger partial charge in [-0.3, -0.25) is 4.79 Å². The summed E-state index contributed by atoms with van der Waals surface area (Å²) in [6.45, 7) is 0. The summed E-state index contributed by atoms with van der Waals surface area (Å²) in [7, 11) is 1.64. The zero-order valence-corrected chi connectivity index (χ0v) is 9.81. The van der Waals surface area contributed by atoms with Gasteiger partial charge in [0.15, 0.2) is 0 Å². The molecule has 0 bridgehead atoms. The van der Waals surface area contributed by atoms with Gasteiger partial charge in [0, 0.05) is 7.11 Å². The Bertz CT molecular complexity index is 396. The fourth-order valence-corrected chi connectivity index (χ4v) is 2.28. The zero-order valence-electron chi connectivity index (χ0n) is 9.81. The van der Waals surface area contributed by atoms with E-state index in [0.717, 1.165) is 25.7 Å². The quantitative estimate of drug-likeness (QED) is 0.858. The summed E-state index contributed by atoms with van der Waals surface area (Å²) in [5.41, 5.74) is -0.488. The van der Waals surface area contributed by atoms with Crippen molar-refractivity contribution in [2.75, 3.05) is 7.11 Å². The number of carboxylic acids is 1. The van der Waals surface area contributed by atoms with Gasteiger partial charge in [-0.2, -0.15) is 4.98 Å². The van der Waals surface area contributed by atoms with E-state index in [1.165, 1.54) is 6.42 Å². The Kier molecular flexibility index (Phi) is 3.42. The molecule has 1 fully saturated rings. The van der Waals surface area contributed by atoms with Crippen LogP contribution in [0.25, 0.3) is 0 Å². The van der Waals surface area contributed by atoms with Crippen LogP contribution in [0.1, 0.15) is 43.8 Å².